The molecule has 34 heavy (non-hydrogen) atoms. The summed E-state index contributed by atoms with van der Waals surface area (Å²) >= 11 is 6.43. The van der Waals surface area contributed by atoms with E-state index in [1.807, 2.05) is 71.6 Å². The summed E-state index contributed by atoms with van der Waals surface area (Å²) in [6, 6.07) is 23.1. The van der Waals surface area contributed by atoms with Crippen molar-refractivity contribution in [3.63, 3.8) is 0 Å². The highest BCUT2D eigenvalue weighted by molar-refractivity contribution is 6.31. The minimum atomic E-state index is -0.410. The number of carbonyl (C=O) groups excluding carboxylic acids is 2. The first-order valence-electron chi connectivity index (χ1n) is 11.3. The Morgan fingerprint density at radius 3 is 2.15 bits per heavy atom. The van der Waals surface area contributed by atoms with Crippen molar-refractivity contribution in [1.82, 2.24) is 9.80 Å². The van der Waals surface area contributed by atoms with Gasteiger partial charge in [-0.2, -0.15) is 0 Å². The van der Waals surface area contributed by atoms with Gasteiger partial charge in [-0.05, 0) is 22.8 Å². The van der Waals surface area contributed by atoms with Crippen molar-refractivity contribution < 1.29 is 19.1 Å². The average Bonchev–Trinajstić information content (AvgIpc) is 3.23. The molecular weight excluding hydrogens is 452 g/mol. The molecule has 7 heteroatoms. The molecule has 2 aliphatic heterocycles. The number of fused-ring (bicyclic) bond motifs is 1. The number of ether oxygens (including phenoxy) is 2. The van der Waals surface area contributed by atoms with Gasteiger partial charge in [0.2, 0.25) is 18.6 Å². The van der Waals surface area contributed by atoms with Gasteiger partial charge < -0.3 is 19.3 Å². The van der Waals surface area contributed by atoms with Gasteiger partial charge in [0.1, 0.15) is 0 Å². The lowest BCUT2D eigenvalue weighted by atomic mass is 9.90. The molecule has 1 saturated heterocycles. The molecule has 0 aromatic heterocycles. The van der Waals surface area contributed by atoms with Crippen molar-refractivity contribution in [3.8, 4) is 11.5 Å². The van der Waals surface area contributed by atoms with E-state index in [-0.39, 0.29) is 25.0 Å². The van der Waals surface area contributed by atoms with Gasteiger partial charge in [0, 0.05) is 43.7 Å². The predicted octanol–water partition coefficient (Wildman–Crippen LogP) is 4.46. The number of halogens is 1. The minimum absolute atomic E-state index is 0.00000530. The van der Waals surface area contributed by atoms with Gasteiger partial charge in [-0.15, -0.1) is 0 Å². The highest BCUT2D eigenvalue weighted by atomic mass is 35.5. The van der Waals surface area contributed by atoms with Crippen LogP contribution in [0.1, 0.15) is 29.0 Å². The zero-order valence-corrected chi connectivity index (χ0v) is 19.4. The summed E-state index contributed by atoms with van der Waals surface area (Å²) in [6.45, 7) is 1.81. The van der Waals surface area contributed by atoms with E-state index >= 15 is 0 Å². The Morgan fingerprint density at radius 2 is 1.50 bits per heavy atom. The molecule has 6 nitrogen and oxygen atoms in total. The van der Waals surface area contributed by atoms with E-state index in [9.17, 15) is 9.59 Å². The van der Waals surface area contributed by atoms with E-state index in [1.54, 1.807) is 11.0 Å². The highest BCUT2D eigenvalue weighted by Gasteiger charge is 2.31. The summed E-state index contributed by atoms with van der Waals surface area (Å²) in [7, 11) is 0. The fourth-order valence-corrected chi connectivity index (χ4v) is 4.70. The standard InChI is InChI=1S/C27H25ClN2O4/c28-22-16-24-23(33-18-34-24)15-21(22)17-30-14-13-29(12-11-25(30)31)27(32)26(19-7-3-1-4-8-19)20-9-5-2-6-10-20/h1-10,15-16,26H,11-14,17-18H2. The third-order valence-corrected chi connectivity index (χ3v) is 6.67. The van der Waals surface area contributed by atoms with E-state index in [0.29, 0.717) is 42.7 Å². The van der Waals surface area contributed by atoms with Gasteiger partial charge in [-0.1, -0.05) is 72.3 Å². The molecule has 1 fully saturated rings. The monoisotopic (exact) mass is 476 g/mol. The van der Waals surface area contributed by atoms with Gasteiger partial charge in [-0.25, -0.2) is 0 Å². The Hall–Kier alpha value is -3.51. The molecular formula is C27H25ClN2O4. The molecule has 2 heterocycles. The van der Waals surface area contributed by atoms with Crippen molar-refractivity contribution in [1.29, 1.82) is 0 Å². The second-order valence-corrected chi connectivity index (χ2v) is 8.85. The number of benzene rings is 3. The second-order valence-electron chi connectivity index (χ2n) is 8.44. The zero-order valence-electron chi connectivity index (χ0n) is 18.7. The second kappa shape index (κ2) is 9.77. The van der Waals surface area contributed by atoms with Crippen LogP contribution in [0.3, 0.4) is 0 Å². The molecule has 174 valence electrons. The lowest BCUT2D eigenvalue weighted by Gasteiger charge is -2.27. The normalized spacial score (nSPS) is 15.5. The van der Waals surface area contributed by atoms with Crippen LogP contribution in [0.25, 0.3) is 0 Å². The summed E-state index contributed by atoms with van der Waals surface area (Å²) in [5.41, 5.74) is 2.68. The van der Waals surface area contributed by atoms with E-state index < -0.39 is 5.92 Å². The number of amides is 2. The van der Waals surface area contributed by atoms with Crippen LogP contribution in [0.15, 0.2) is 72.8 Å². The molecule has 0 radical (unpaired) electrons. The first-order chi connectivity index (χ1) is 16.6. The van der Waals surface area contributed by atoms with E-state index in [0.717, 1.165) is 16.7 Å². The average molecular weight is 477 g/mol. The quantitative estimate of drug-likeness (QED) is 0.545. The Labute approximate surface area is 203 Å². The maximum absolute atomic E-state index is 13.8. The molecule has 3 aromatic carbocycles. The van der Waals surface area contributed by atoms with Crippen LogP contribution in [0, 0.1) is 0 Å². The SMILES string of the molecule is O=C1CCN(C(=O)C(c2ccccc2)c2ccccc2)CCN1Cc1cc2c(cc1Cl)OCO2. The van der Waals surface area contributed by atoms with Crippen LogP contribution >= 0.6 is 11.6 Å². The Kier molecular flexibility index (Phi) is 6.41. The lowest BCUT2D eigenvalue weighted by molar-refractivity contribution is -0.131. The van der Waals surface area contributed by atoms with Crippen molar-refractivity contribution in [2.24, 2.45) is 0 Å². The topological polar surface area (TPSA) is 59.1 Å². The zero-order chi connectivity index (χ0) is 23.5. The summed E-state index contributed by atoms with van der Waals surface area (Å²) in [5, 5.41) is 0.530. The summed E-state index contributed by atoms with van der Waals surface area (Å²) in [5.74, 6) is 0.841. The maximum atomic E-state index is 13.8. The predicted molar refractivity (Wildman–Crippen MR) is 129 cm³/mol. The van der Waals surface area contributed by atoms with E-state index in [1.165, 1.54) is 0 Å². The maximum Gasteiger partial charge on any atom is 0.234 e. The number of hydrogen-bond donors (Lipinski definition) is 0. The molecule has 3 aromatic rings. The van der Waals surface area contributed by atoms with Crippen LogP contribution in [0.4, 0.5) is 0 Å². The van der Waals surface area contributed by atoms with Gasteiger partial charge in [0.25, 0.3) is 0 Å². The molecule has 0 unspecified atom stereocenters. The Bertz CT molecular complexity index is 1150. The number of nitrogens with zero attached hydrogens (tertiary/aromatic N) is 2. The molecule has 0 saturated carbocycles. The number of rotatable bonds is 5. The van der Waals surface area contributed by atoms with Crippen LogP contribution in [-0.4, -0.2) is 48.0 Å². The third-order valence-electron chi connectivity index (χ3n) is 6.32. The number of carbonyl (C=O) groups is 2. The fraction of sp³-hybridized carbons (Fsp3) is 0.259. The summed E-state index contributed by atoms with van der Waals surface area (Å²) < 4.78 is 10.8. The smallest absolute Gasteiger partial charge is 0.234 e. The van der Waals surface area contributed by atoms with E-state index in [2.05, 4.69) is 0 Å². The van der Waals surface area contributed by atoms with E-state index in [4.69, 9.17) is 21.1 Å². The molecule has 0 atom stereocenters. The highest BCUT2D eigenvalue weighted by Crippen LogP contribution is 2.37. The third kappa shape index (κ3) is 4.59. The first-order valence-corrected chi connectivity index (χ1v) is 11.7. The molecule has 5 rings (SSSR count). The summed E-state index contributed by atoms with van der Waals surface area (Å²) in [4.78, 5) is 30.3. The van der Waals surface area contributed by atoms with Gasteiger partial charge >= 0.3 is 0 Å². The van der Waals surface area contributed by atoms with Gasteiger partial charge in [-0.3, -0.25) is 9.59 Å². The van der Waals surface area contributed by atoms with Gasteiger partial charge in [0.15, 0.2) is 11.5 Å². The lowest BCUT2D eigenvalue weighted by Crippen LogP contribution is -2.38. The van der Waals surface area contributed by atoms with Crippen LogP contribution in [0.2, 0.25) is 5.02 Å². The molecule has 2 amide bonds. The molecule has 0 N–H and O–H groups in total. The van der Waals surface area contributed by atoms with Crippen molar-refractivity contribution in [2.45, 2.75) is 18.9 Å². The fourth-order valence-electron chi connectivity index (χ4n) is 4.49. The largest absolute Gasteiger partial charge is 0.454 e. The van der Waals surface area contributed by atoms with Crippen molar-refractivity contribution in [3.05, 3.63) is 94.5 Å². The van der Waals surface area contributed by atoms with Crippen LogP contribution in [-0.2, 0) is 16.1 Å². The first kappa shape index (κ1) is 22.3. The van der Waals surface area contributed by atoms with Crippen molar-refractivity contribution in [2.75, 3.05) is 26.4 Å². The van der Waals surface area contributed by atoms with Crippen LogP contribution < -0.4 is 9.47 Å². The molecule has 0 bridgehead atoms. The Balaban J connectivity index is 1.34. The van der Waals surface area contributed by atoms with Crippen LogP contribution in [0.5, 0.6) is 11.5 Å². The molecule has 0 spiro atoms. The molecule has 2 aliphatic rings. The Morgan fingerprint density at radius 1 is 0.882 bits per heavy atom. The van der Waals surface area contributed by atoms with Crippen molar-refractivity contribution >= 4 is 23.4 Å². The minimum Gasteiger partial charge on any atom is -0.454 e. The van der Waals surface area contributed by atoms with Gasteiger partial charge in [0.05, 0.1) is 5.92 Å². The molecule has 0 aliphatic carbocycles. The summed E-state index contributed by atoms with van der Waals surface area (Å²) in [6.07, 6.45) is 0.268. The number of hydrogen-bond acceptors (Lipinski definition) is 4.